The van der Waals surface area contributed by atoms with Crippen LogP contribution in [0.5, 0.6) is 0 Å². The number of carbonyl (C=O) groups is 1. The molecule has 3 aliphatic carbocycles. The van der Waals surface area contributed by atoms with Crippen molar-refractivity contribution in [2.24, 2.45) is 11.3 Å². The number of hydrogen-bond acceptors (Lipinski definition) is 5. The lowest BCUT2D eigenvalue weighted by molar-refractivity contribution is -0.138. The number of fused-ring (bicyclic) bond motifs is 1. The zero-order valence-electron chi connectivity index (χ0n) is 28.8. The third kappa shape index (κ3) is 8.48. The number of aryl methyl sites for hydroxylation is 2. The summed E-state index contributed by atoms with van der Waals surface area (Å²) in [5.74, 6) is -0.0176. The van der Waals surface area contributed by atoms with Crippen LogP contribution in [0, 0.1) is 16.7 Å². The third-order valence-electron chi connectivity index (χ3n) is 11.0. The molecule has 0 saturated heterocycles. The van der Waals surface area contributed by atoms with Gasteiger partial charge in [0, 0.05) is 19.1 Å². The number of methoxy groups -OCH3 is 1. The summed E-state index contributed by atoms with van der Waals surface area (Å²) >= 11 is 1.02. The van der Waals surface area contributed by atoms with Crippen molar-refractivity contribution in [3.63, 3.8) is 0 Å². The molecule has 1 spiro atoms. The molecule has 0 radical (unpaired) electrons. The van der Waals surface area contributed by atoms with Crippen molar-refractivity contribution in [3.05, 3.63) is 99.4 Å². The van der Waals surface area contributed by atoms with Gasteiger partial charge >= 0.3 is 12.4 Å². The van der Waals surface area contributed by atoms with Gasteiger partial charge in [-0.1, -0.05) is 55.8 Å². The summed E-state index contributed by atoms with van der Waals surface area (Å²) in [5, 5.41) is 9.08. The number of pyridine rings is 1. The Hall–Kier alpha value is -3.38. The summed E-state index contributed by atoms with van der Waals surface area (Å²) in [4.78, 5) is 20.4. The highest BCUT2D eigenvalue weighted by Gasteiger charge is 2.52. The van der Waals surface area contributed by atoms with Crippen molar-refractivity contribution in [1.82, 2.24) is 9.88 Å². The number of aromatic nitrogens is 1. The van der Waals surface area contributed by atoms with Gasteiger partial charge in [-0.25, -0.2) is 0 Å². The van der Waals surface area contributed by atoms with Gasteiger partial charge in [0.05, 0.1) is 35.4 Å². The highest BCUT2D eigenvalue weighted by atomic mass is 32.2. The highest BCUT2D eigenvalue weighted by Crippen LogP contribution is 2.56. The number of nitrogens with zero attached hydrogens (tertiary/aromatic N) is 2. The molecule has 2 fully saturated rings. The minimum Gasteiger partial charge on any atom is -0.381 e. The van der Waals surface area contributed by atoms with Crippen LogP contribution in [0.15, 0.2) is 54.7 Å². The average molecular weight is 732 g/mol. The van der Waals surface area contributed by atoms with Crippen molar-refractivity contribution < 1.29 is 35.9 Å². The Labute approximate surface area is 299 Å². The van der Waals surface area contributed by atoms with Crippen LogP contribution >= 0.6 is 11.8 Å². The van der Waals surface area contributed by atoms with Crippen LogP contribution in [0.4, 0.5) is 26.3 Å². The van der Waals surface area contributed by atoms with Gasteiger partial charge in [0.2, 0.25) is 5.91 Å². The van der Waals surface area contributed by atoms with E-state index in [1.807, 2.05) is 0 Å². The summed E-state index contributed by atoms with van der Waals surface area (Å²) < 4.78 is 86.1. The van der Waals surface area contributed by atoms with E-state index in [0.717, 1.165) is 97.3 Å². The van der Waals surface area contributed by atoms with Gasteiger partial charge in [-0.2, -0.15) is 26.3 Å². The summed E-state index contributed by atoms with van der Waals surface area (Å²) in [5.41, 5.74) is 2.43. The first-order chi connectivity index (χ1) is 24.2. The maximum absolute atomic E-state index is 15.1. The number of amidine groups is 1. The van der Waals surface area contributed by atoms with Crippen molar-refractivity contribution in [3.8, 4) is 0 Å². The monoisotopic (exact) mass is 731 g/mol. The molecular formula is C39H43F6N3O2S. The van der Waals surface area contributed by atoms with Crippen LogP contribution in [-0.2, 0) is 53.4 Å². The summed E-state index contributed by atoms with van der Waals surface area (Å²) in [6.07, 6.45) is 0.332. The first-order valence-corrected chi connectivity index (χ1v) is 18.6. The van der Waals surface area contributed by atoms with Crippen LogP contribution in [0.2, 0.25) is 0 Å². The molecule has 1 aromatic heterocycles. The Kier molecular flexibility index (Phi) is 10.9. The summed E-state index contributed by atoms with van der Waals surface area (Å²) in [6.45, 7) is 1.54. The second-order valence-electron chi connectivity index (χ2n) is 14.3. The van der Waals surface area contributed by atoms with E-state index in [1.165, 1.54) is 29.9 Å². The van der Waals surface area contributed by atoms with Gasteiger partial charge in [0.1, 0.15) is 0 Å². The molecule has 0 aliphatic heterocycles. The molecule has 6 rings (SSSR count). The molecule has 2 saturated carbocycles. The molecule has 1 N–H and O–H groups in total. The fourth-order valence-electron chi connectivity index (χ4n) is 7.83. The van der Waals surface area contributed by atoms with Gasteiger partial charge in [0.25, 0.3) is 0 Å². The quantitative estimate of drug-likeness (QED) is 0.128. The maximum atomic E-state index is 15.1. The van der Waals surface area contributed by atoms with Crippen LogP contribution < -0.4 is 0 Å². The molecule has 2 aromatic carbocycles. The minimum atomic E-state index is -4.58. The molecule has 0 bridgehead atoms. The van der Waals surface area contributed by atoms with Gasteiger partial charge in [-0.15, -0.1) is 0 Å². The van der Waals surface area contributed by atoms with E-state index in [-0.39, 0.29) is 35.2 Å². The van der Waals surface area contributed by atoms with Crippen molar-refractivity contribution in [2.75, 3.05) is 7.11 Å². The predicted molar refractivity (Wildman–Crippen MR) is 185 cm³/mol. The number of hydrogen-bond donors (Lipinski definition) is 1. The topological polar surface area (TPSA) is 66.3 Å². The van der Waals surface area contributed by atoms with Crippen molar-refractivity contribution in [2.45, 2.75) is 108 Å². The fourth-order valence-corrected chi connectivity index (χ4v) is 8.71. The van der Waals surface area contributed by atoms with E-state index >= 15 is 4.79 Å². The molecule has 51 heavy (non-hydrogen) atoms. The van der Waals surface area contributed by atoms with Crippen LogP contribution in [0.1, 0.15) is 102 Å². The first kappa shape index (κ1) is 37.4. The number of benzene rings is 2. The largest absolute Gasteiger partial charge is 0.417 e. The zero-order valence-corrected chi connectivity index (χ0v) is 29.6. The fraction of sp³-hybridized carbons (Fsp3) is 0.513. The van der Waals surface area contributed by atoms with Gasteiger partial charge in [-0.3, -0.25) is 20.1 Å². The van der Waals surface area contributed by atoms with E-state index in [1.54, 1.807) is 14.0 Å². The Balaban J connectivity index is 1.34. The Morgan fingerprint density at radius 2 is 1.67 bits per heavy atom. The number of ether oxygens (including phenoxy) is 1. The van der Waals surface area contributed by atoms with Crippen LogP contribution in [-0.4, -0.2) is 34.2 Å². The smallest absolute Gasteiger partial charge is 0.381 e. The second kappa shape index (κ2) is 14.9. The van der Waals surface area contributed by atoms with E-state index in [2.05, 4.69) is 23.2 Å². The molecule has 274 valence electrons. The Morgan fingerprint density at radius 3 is 2.27 bits per heavy atom. The van der Waals surface area contributed by atoms with Crippen LogP contribution in [0.3, 0.4) is 0 Å². The SMILES string of the molecule is CCc1cc(C(F)(F)F)ccc1CSC(=N)N(Cc1ccc(C(F)(F)F)cn1)C(=O)C1c2cc(CCC3CC3)ccc2CC12CCC(OC)CC2. The molecular weight excluding hydrogens is 689 g/mol. The summed E-state index contributed by atoms with van der Waals surface area (Å²) in [6, 6.07) is 12.1. The number of nitrogens with one attached hydrogen (secondary N) is 1. The molecule has 3 aromatic rings. The predicted octanol–water partition coefficient (Wildman–Crippen LogP) is 10.1. The molecule has 1 atom stereocenters. The van der Waals surface area contributed by atoms with Crippen LogP contribution in [0.25, 0.3) is 0 Å². The Bertz CT molecular complexity index is 1730. The molecule has 3 aliphatic rings. The lowest BCUT2D eigenvalue weighted by Crippen LogP contribution is -2.45. The standard InChI is InChI=1S/C39H43F6N3O2S/c1-3-26-19-29(38(40,41)42)11-10-28(26)23-51-36(46)48(22-31-13-12-30(21-47-31)39(43,44)45)35(49)34-33-18-25(7-6-24-4-5-24)8-9-27(33)20-37(34)16-14-32(50-2)15-17-37/h8-13,18-19,21,24,32,34,46H,3-7,14-17,20,22-23H2,1-2H3. The number of amides is 1. The lowest BCUT2D eigenvalue weighted by Gasteiger charge is -2.42. The van der Waals surface area contributed by atoms with E-state index in [4.69, 9.17) is 4.74 Å². The number of halogens is 6. The summed E-state index contributed by atoms with van der Waals surface area (Å²) in [7, 11) is 1.69. The molecule has 1 heterocycles. The number of thioether (sulfide) groups is 1. The highest BCUT2D eigenvalue weighted by molar-refractivity contribution is 8.13. The van der Waals surface area contributed by atoms with E-state index < -0.39 is 34.8 Å². The molecule has 12 heteroatoms. The average Bonchev–Trinajstić information content (AvgIpc) is 3.89. The van der Waals surface area contributed by atoms with E-state index in [9.17, 15) is 31.8 Å². The Morgan fingerprint density at radius 1 is 0.961 bits per heavy atom. The van der Waals surface area contributed by atoms with Gasteiger partial charge < -0.3 is 4.74 Å². The van der Waals surface area contributed by atoms with Gasteiger partial charge in [-0.05, 0) is 115 Å². The number of carbonyl (C=O) groups excluding carboxylic acids is 1. The van der Waals surface area contributed by atoms with Crippen molar-refractivity contribution in [1.29, 1.82) is 5.41 Å². The number of rotatable bonds is 10. The zero-order chi connectivity index (χ0) is 36.6. The molecule has 5 nitrogen and oxygen atoms in total. The minimum absolute atomic E-state index is 0.0852. The molecule has 1 unspecified atom stereocenters. The maximum Gasteiger partial charge on any atom is 0.417 e. The van der Waals surface area contributed by atoms with Crippen molar-refractivity contribution >= 4 is 22.8 Å². The van der Waals surface area contributed by atoms with Gasteiger partial charge in [0.15, 0.2) is 5.17 Å². The first-order valence-electron chi connectivity index (χ1n) is 17.6. The lowest BCUT2D eigenvalue weighted by atomic mass is 9.65. The second-order valence-corrected chi connectivity index (χ2v) is 15.3. The number of alkyl halides is 6. The molecule has 1 amide bonds. The normalized spacial score (nSPS) is 21.9. The third-order valence-corrected chi connectivity index (χ3v) is 11.9. The van der Waals surface area contributed by atoms with E-state index in [0.29, 0.717) is 24.0 Å².